The van der Waals surface area contributed by atoms with Gasteiger partial charge in [-0.2, -0.15) is 5.10 Å². The highest BCUT2D eigenvalue weighted by Crippen LogP contribution is 2.28. The predicted octanol–water partition coefficient (Wildman–Crippen LogP) is 1.96. The molecule has 0 radical (unpaired) electrons. The maximum atomic E-state index is 12.5. The van der Waals surface area contributed by atoms with E-state index in [0.29, 0.717) is 0 Å². The van der Waals surface area contributed by atoms with Crippen molar-refractivity contribution in [3.05, 3.63) is 45.1 Å². The molecular weight excluding hydrogens is 376 g/mol. The molecule has 0 amide bonds. The number of nitro benzene ring substituents is 1. The van der Waals surface area contributed by atoms with Crippen LogP contribution in [0.1, 0.15) is 17.3 Å². The first-order valence-electron chi connectivity index (χ1n) is 6.83. The van der Waals surface area contributed by atoms with Gasteiger partial charge in [0.1, 0.15) is 10.6 Å². The molecule has 10 nitrogen and oxygen atoms in total. The Morgan fingerprint density at radius 2 is 2.16 bits per heavy atom. The number of nitrogens with one attached hydrogen (secondary N) is 1. The summed E-state index contributed by atoms with van der Waals surface area (Å²) in [7, 11) is -2.81. The van der Waals surface area contributed by atoms with Gasteiger partial charge < -0.3 is 4.74 Å². The zero-order valence-corrected chi connectivity index (χ0v) is 14.7. The van der Waals surface area contributed by atoms with Crippen LogP contribution in [0.3, 0.4) is 0 Å². The average molecular weight is 389 g/mol. The molecule has 25 heavy (non-hydrogen) atoms. The number of esters is 1. The second kappa shape index (κ2) is 7.07. The number of halogens is 1. The molecule has 0 aliphatic carbocycles. The standard InChI is InChI=1S/C13H13ClN4O6S/c1-3-24-13(19)9-7-15-17(2)12(9)16-25(22,23)8-4-5-10(14)11(6-8)18(20)21/h4-7,16H,3H2,1-2H3. The summed E-state index contributed by atoms with van der Waals surface area (Å²) in [4.78, 5) is 21.6. The largest absolute Gasteiger partial charge is 0.462 e. The average Bonchev–Trinajstić information content (AvgIpc) is 2.88. The van der Waals surface area contributed by atoms with E-state index in [0.717, 1.165) is 29.1 Å². The predicted molar refractivity (Wildman–Crippen MR) is 88.1 cm³/mol. The Kier molecular flexibility index (Phi) is 5.28. The van der Waals surface area contributed by atoms with Crippen molar-refractivity contribution in [1.82, 2.24) is 9.78 Å². The summed E-state index contributed by atoms with van der Waals surface area (Å²) < 4.78 is 33.2. The maximum Gasteiger partial charge on any atom is 0.343 e. The number of nitro groups is 1. The quantitative estimate of drug-likeness (QED) is 0.454. The van der Waals surface area contributed by atoms with Gasteiger partial charge in [-0.25, -0.2) is 13.2 Å². The van der Waals surface area contributed by atoms with E-state index in [-0.39, 0.29) is 27.9 Å². The van der Waals surface area contributed by atoms with Crippen molar-refractivity contribution < 1.29 is 22.9 Å². The van der Waals surface area contributed by atoms with Crippen molar-refractivity contribution in [2.24, 2.45) is 7.05 Å². The second-order valence-corrected chi connectivity index (χ2v) is 6.82. The third-order valence-corrected chi connectivity index (χ3v) is 4.75. The lowest BCUT2D eigenvalue weighted by atomic mass is 10.3. The van der Waals surface area contributed by atoms with Crippen LogP contribution in [-0.4, -0.2) is 35.7 Å². The molecule has 12 heteroatoms. The van der Waals surface area contributed by atoms with E-state index in [4.69, 9.17) is 16.3 Å². The molecule has 0 spiro atoms. The van der Waals surface area contributed by atoms with Crippen molar-refractivity contribution in [3.63, 3.8) is 0 Å². The molecule has 0 saturated heterocycles. The summed E-state index contributed by atoms with van der Waals surface area (Å²) in [6.07, 6.45) is 1.15. The number of carbonyl (C=O) groups excluding carboxylic acids is 1. The number of sulfonamides is 1. The molecule has 0 fully saturated rings. The van der Waals surface area contributed by atoms with E-state index < -0.39 is 26.6 Å². The molecule has 0 aliphatic rings. The molecule has 1 N–H and O–H groups in total. The molecule has 1 aromatic heterocycles. The van der Waals surface area contributed by atoms with Crippen molar-refractivity contribution in [1.29, 1.82) is 0 Å². The lowest BCUT2D eigenvalue weighted by Gasteiger charge is -2.10. The summed E-state index contributed by atoms with van der Waals surface area (Å²) in [5.41, 5.74) is -0.642. The summed E-state index contributed by atoms with van der Waals surface area (Å²) in [6.45, 7) is 1.70. The van der Waals surface area contributed by atoms with Gasteiger partial charge in [0.15, 0.2) is 5.82 Å². The Labute approximate surface area is 147 Å². The zero-order chi connectivity index (χ0) is 18.8. The first-order valence-corrected chi connectivity index (χ1v) is 8.69. The van der Waals surface area contributed by atoms with E-state index in [1.807, 2.05) is 0 Å². The highest BCUT2D eigenvalue weighted by atomic mass is 35.5. The smallest absolute Gasteiger partial charge is 0.343 e. The Bertz CT molecular complexity index is 940. The van der Waals surface area contributed by atoms with Crippen molar-refractivity contribution in [2.75, 3.05) is 11.3 Å². The van der Waals surface area contributed by atoms with Gasteiger partial charge in [-0.1, -0.05) is 11.6 Å². The van der Waals surface area contributed by atoms with Crippen LogP contribution < -0.4 is 4.72 Å². The first-order chi connectivity index (χ1) is 11.7. The number of hydrogen-bond acceptors (Lipinski definition) is 7. The Morgan fingerprint density at radius 3 is 2.76 bits per heavy atom. The van der Waals surface area contributed by atoms with Gasteiger partial charge in [0.2, 0.25) is 0 Å². The van der Waals surface area contributed by atoms with Crippen LogP contribution in [0.15, 0.2) is 29.3 Å². The SMILES string of the molecule is CCOC(=O)c1cnn(C)c1NS(=O)(=O)c1ccc(Cl)c([N+](=O)[O-])c1. The number of hydrogen-bond donors (Lipinski definition) is 1. The Morgan fingerprint density at radius 1 is 1.48 bits per heavy atom. The molecule has 0 saturated carbocycles. The third-order valence-electron chi connectivity index (χ3n) is 3.09. The van der Waals surface area contributed by atoms with Gasteiger partial charge in [0.05, 0.1) is 22.6 Å². The van der Waals surface area contributed by atoms with E-state index >= 15 is 0 Å². The van der Waals surface area contributed by atoms with Crippen molar-refractivity contribution >= 4 is 39.1 Å². The number of aromatic nitrogens is 2. The van der Waals surface area contributed by atoms with Crippen molar-refractivity contribution in [3.8, 4) is 0 Å². The minimum atomic E-state index is -4.23. The molecule has 2 rings (SSSR count). The number of carbonyl (C=O) groups is 1. The van der Waals surface area contributed by atoms with E-state index in [1.165, 1.54) is 7.05 Å². The fourth-order valence-electron chi connectivity index (χ4n) is 1.90. The van der Waals surface area contributed by atoms with Gasteiger partial charge in [0, 0.05) is 13.1 Å². The summed E-state index contributed by atoms with van der Waals surface area (Å²) >= 11 is 5.68. The topological polar surface area (TPSA) is 133 Å². The fourth-order valence-corrected chi connectivity index (χ4v) is 3.22. The Hall–Kier alpha value is -2.66. The number of rotatable bonds is 6. The van der Waals surface area contributed by atoms with Gasteiger partial charge in [-0.05, 0) is 19.1 Å². The summed E-state index contributed by atoms with van der Waals surface area (Å²) in [6, 6.07) is 3.03. The minimum Gasteiger partial charge on any atom is -0.462 e. The molecular formula is C13H13ClN4O6S. The highest BCUT2D eigenvalue weighted by molar-refractivity contribution is 7.92. The maximum absolute atomic E-state index is 12.5. The molecule has 0 aliphatic heterocycles. The normalized spacial score (nSPS) is 11.2. The van der Waals surface area contributed by atoms with E-state index in [2.05, 4.69) is 9.82 Å². The second-order valence-electron chi connectivity index (χ2n) is 4.73. The number of benzene rings is 1. The monoisotopic (exact) mass is 388 g/mol. The fraction of sp³-hybridized carbons (Fsp3) is 0.231. The number of aryl methyl sites for hydroxylation is 1. The summed E-state index contributed by atoms with van der Waals surface area (Å²) in [5.74, 6) is -0.883. The van der Waals surface area contributed by atoms with Crippen LogP contribution in [-0.2, 0) is 21.8 Å². The number of nitrogens with zero attached hydrogens (tertiary/aromatic N) is 3. The molecule has 134 valence electrons. The molecule has 0 bridgehead atoms. The number of ether oxygens (including phenoxy) is 1. The molecule has 2 aromatic rings. The zero-order valence-electron chi connectivity index (χ0n) is 13.1. The van der Waals surface area contributed by atoms with Crippen LogP contribution in [0.25, 0.3) is 0 Å². The van der Waals surface area contributed by atoms with Crippen LogP contribution in [0, 0.1) is 10.1 Å². The summed E-state index contributed by atoms with van der Waals surface area (Å²) in [5, 5.41) is 14.5. The van der Waals surface area contributed by atoms with Gasteiger partial charge in [-0.3, -0.25) is 19.5 Å². The van der Waals surface area contributed by atoms with E-state index in [9.17, 15) is 23.3 Å². The lowest BCUT2D eigenvalue weighted by molar-refractivity contribution is -0.384. The van der Waals surface area contributed by atoms with Crippen LogP contribution in [0.4, 0.5) is 11.5 Å². The van der Waals surface area contributed by atoms with Gasteiger partial charge in [0.25, 0.3) is 15.7 Å². The number of anilines is 1. The van der Waals surface area contributed by atoms with Crippen LogP contribution in [0.2, 0.25) is 5.02 Å². The minimum absolute atomic E-state index is 0.0867. The molecule has 1 heterocycles. The van der Waals surface area contributed by atoms with Crippen molar-refractivity contribution in [2.45, 2.75) is 11.8 Å². The molecule has 0 unspecified atom stereocenters. The third kappa shape index (κ3) is 3.88. The highest BCUT2D eigenvalue weighted by Gasteiger charge is 2.25. The molecule has 0 atom stereocenters. The van der Waals surface area contributed by atoms with Gasteiger partial charge >= 0.3 is 5.97 Å². The first kappa shape index (κ1) is 18.7. The Balaban J connectivity index is 2.44. The van der Waals surface area contributed by atoms with Gasteiger partial charge in [-0.15, -0.1) is 0 Å². The van der Waals surface area contributed by atoms with Crippen LogP contribution in [0.5, 0.6) is 0 Å². The lowest BCUT2D eigenvalue weighted by Crippen LogP contribution is -2.18. The van der Waals surface area contributed by atoms with E-state index in [1.54, 1.807) is 6.92 Å². The molecule has 1 aromatic carbocycles. The van der Waals surface area contributed by atoms with Crippen LogP contribution >= 0.6 is 11.6 Å².